The van der Waals surface area contributed by atoms with Gasteiger partial charge in [0.15, 0.2) is 0 Å². The highest BCUT2D eigenvalue weighted by Crippen LogP contribution is 2.25. The minimum atomic E-state index is -2.99. The van der Waals surface area contributed by atoms with Crippen LogP contribution in [0.3, 0.4) is 0 Å². The minimum Gasteiger partial charge on any atom is -0.469 e. The van der Waals surface area contributed by atoms with Crippen LogP contribution in [0.15, 0.2) is 46.9 Å². The standard InChI is InChI=1S/C18H17F2NO5/c1-24-17(23)11-9-13-7-6-12(25-13)8-10-16(22)21-14-4-2-3-5-15(14)26-18(19)20/h2-8,10,18H,9,11H2,1H3,(H,21,22). The molecule has 0 saturated heterocycles. The first-order valence-electron chi connectivity index (χ1n) is 7.66. The molecule has 0 fully saturated rings. The summed E-state index contributed by atoms with van der Waals surface area (Å²) in [5.74, 6) is -0.0269. The fraction of sp³-hybridized carbons (Fsp3) is 0.222. The summed E-state index contributed by atoms with van der Waals surface area (Å²) in [5, 5.41) is 2.45. The molecule has 0 unspecified atom stereocenters. The molecule has 6 nitrogen and oxygen atoms in total. The van der Waals surface area contributed by atoms with Crippen LogP contribution in [0.1, 0.15) is 17.9 Å². The maximum Gasteiger partial charge on any atom is 0.387 e. The quantitative estimate of drug-likeness (QED) is 0.571. The van der Waals surface area contributed by atoms with Crippen molar-refractivity contribution < 1.29 is 32.3 Å². The average molecular weight is 365 g/mol. The van der Waals surface area contributed by atoms with E-state index in [-0.39, 0.29) is 23.8 Å². The van der Waals surface area contributed by atoms with Gasteiger partial charge >= 0.3 is 12.6 Å². The van der Waals surface area contributed by atoms with Crippen molar-refractivity contribution in [3.63, 3.8) is 0 Å². The van der Waals surface area contributed by atoms with Crippen molar-refractivity contribution in [3.8, 4) is 5.75 Å². The third-order valence-corrected chi connectivity index (χ3v) is 3.25. The Morgan fingerprint density at radius 3 is 2.73 bits per heavy atom. The van der Waals surface area contributed by atoms with Crippen molar-refractivity contribution in [2.75, 3.05) is 12.4 Å². The molecule has 26 heavy (non-hydrogen) atoms. The van der Waals surface area contributed by atoms with Gasteiger partial charge < -0.3 is 19.2 Å². The molecule has 0 atom stereocenters. The molecular formula is C18H17F2NO5. The van der Waals surface area contributed by atoms with Crippen LogP contribution in [0.25, 0.3) is 6.08 Å². The van der Waals surface area contributed by atoms with E-state index in [0.29, 0.717) is 17.9 Å². The number of hydrogen-bond acceptors (Lipinski definition) is 5. The van der Waals surface area contributed by atoms with E-state index in [1.54, 1.807) is 18.2 Å². The van der Waals surface area contributed by atoms with E-state index >= 15 is 0 Å². The van der Waals surface area contributed by atoms with Crippen LogP contribution in [0.2, 0.25) is 0 Å². The topological polar surface area (TPSA) is 77.8 Å². The Kier molecular flexibility index (Phi) is 6.90. The Balaban J connectivity index is 1.94. The monoisotopic (exact) mass is 365 g/mol. The number of alkyl halides is 2. The number of amides is 1. The lowest BCUT2D eigenvalue weighted by atomic mass is 10.2. The highest BCUT2D eigenvalue weighted by Gasteiger charge is 2.10. The second kappa shape index (κ2) is 9.36. The number of benzene rings is 1. The fourth-order valence-electron chi connectivity index (χ4n) is 2.05. The van der Waals surface area contributed by atoms with Crippen LogP contribution < -0.4 is 10.1 Å². The van der Waals surface area contributed by atoms with Gasteiger partial charge in [-0.3, -0.25) is 9.59 Å². The molecule has 1 aromatic heterocycles. The Labute approximate surface area is 148 Å². The van der Waals surface area contributed by atoms with Crippen molar-refractivity contribution in [2.24, 2.45) is 0 Å². The van der Waals surface area contributed by atoms with Gasteiger partial charge in [0, 0.05) is 12.5 Å². The van der Waals surface area contributed by atoms with Gasteiger partial charge in [-0.15, -0.1) is 0 Å². The first kappa shape index (κ1) is 19.2. The number of furan rings is 1. The summed E-state index contributed by atoms with van der Waals surface area (Å²) in [7, 11) is 1.31. The predicted octanol–water partition coefficient (Wildman–Crippen LogP) is 3.64. The number of carbonyl (C=O) groups is 2. The number of ether oxygens (including phenoxy) is 2. The lowest BCUT2D eigenvalue weighted by Crippen LogP contribution is -2.11. The first-order chi connectivity index (χ1) is 12.5. The van der Waals surface area contributed by atoms with Gasteiger partial charge in [0.1, 0.15) is 17.3 Å². The molecule has 0 saturated carbocycles. The Hall–Kier alpha value is -3.16. The molecule has 1 N–H and O–H groups in total. The van der Waals surface area contributed by atoms with Gasteiger partial charge in [0.05, 0.1) is 19.2 Å². The molecule has 0 spiro atoms. The lowest BCUT2D eigenvalue weighted by molar-refractivity contribution is -0.140. The van der Waals surface area contributed by atoms with Crippen molar-refractivity contribution in [1.29, 1.82) is 0 Å². The highest BCUT2D eigenvalue weighted by molar-refractivity contribution is 6.02. The SMILES string of the molecule is COC(=O)CCc1ccc(C=CC(=O)Nc2ccccc2OC(F)F)o1. The highest BCUT2D eigenvalue weighted by atomic mass is 19.3. The maximum atomic E-state index is 12.4. The van der Waals surface area contributed by atoms with Crippen LogP contribution in [0, 0.1) is 0 Å². The summed E-state index contributed by atoms with van der Waals surface area (Å²) >= 11 is 0. The number of rotatable bonds is 8. The van der Waals surface area contributed by atoms with E-state index in [1.807, 2.05) is 0 Å². The van der Waals surface area contributed by atoms with Gasteiger partial charge in [-0.1, -0.05) is 12.1 Å². The number of nitrogens with one attached hydrogen (secondary N) is 1. The molecule has 2 rings (SSSR count). The summed E-state index contributed by atoms with van der Waals surface area (Å²) in [6.07, 6.45) is 3.19. The molecule has 0 bridgehead atoms. The minimum absolute atomic E-state index is 0.126. The fourth-order valence-corrected chi connectivity index (χ4v) is 2.05. The Bertz CT molecular complexity index is 785. The summed E-state index contributed by atoms with van der Waals surface area (Å²) in [4.78, 5) is 23.0. The van der Waals surface area contributed by atoms with Crippen LogP contribution in [0.5, 0.6) is 5.75 Å². The predicted molar refractivity (Wildman–Crippen MR) is 89.8 cm³/mol. The average Bonchev–Trinajstić information content (AvgIpc) is 3.07. The number of esters is 1. The molecule has 8 heteroatoms. The normalized spacial score (nSPS) is 10.9. The van der Waals surface area contributed by atoms with Gasteiger partial charge in [0.2, 0.25) is 5.91 Å². The number of halogens is 2. The number of para-hydroxylation sites is 2. The summed E-state index contributed by atoms with van der Waals surface area (Å²) in [6.45, 7) is -2.99. The molecule has 138 valence electrons. The number of hydrogen-bond donors (Lipinski definition) is 1. The second-order valence-corrected chi connectivity index (χ2v) is 5.08. The molecule has 0 aliphatic carbocycles. The zero-order valence-corrected chi connectivity index (χ0v) is 13.9. The summed E-state index contributed by atoms with van der Waals surface area (Å²) in [6, 6.07) is 9.20. The van der Waals surface area contributed by atoms with Gasteiger partial charge in [-0.2, -0.15) is 8.78 Å². The number of anilines is 1. The third-order valence-electron chi connectivity index (χ3n) is 3.25. The van der Waals surface area contributed by atoms with Gasteiger partial charge in [0.25, 0.3) is 0 Å². The number of aryl methyl sites for hydroxylation is 1. The third kappa shape index (κ3) is 6.04. The molecule has 1 heterocycles. The summed E-state index contributed by atoms with van der Waals surface area (Å²) in [5.41, 5.74) is 0.126. The van der Waals surface area contributed by atoms with Crippen LogP contribution in [0.4, 0.5) is 14.5 Å². The molecule has 2 aromatic rings. The maximum absolute atomic E-state index is 12.4. The van der Waals surface area contributed by atoms with Crippen LogP contribution >= 0.6 is 0 Å². The molecular weight excluding hydrogens is 348 g/mol. The van der Waals surface area contributed by atoms with E-state index in [2.05, 4.69) is 14.8 Å². The van der Waals surface area contributed by atoms with Crippen molar-refractivity contribution >= 4 is 23.6 Å². The van der Waals surface area contributed by atoms with Crippen molar-refractivity contribution in [3.05, 3.63) is 54.0 Å². The molecule has 1 aromatic carbocycles. The Morgan fingerprint density at radius 1 is 1.23 bits per heavy atom. The molecule has 0 aliphatic heterocycles. The lowest BCUT2D eigenvalue weighted by Gasteiger charge is -2.10. The van der Waals surface area contributed by atoms with E-state index in [0.717, 1.165) is 0 Å². The smallest absolute Gasteiger partial charge is 0.387 e. The van der Waals surface area contributed by atoms with Gasteiger partial charge in [-0.25, -0.2) is 0 Å². The number of methoxy groups -OCH3 is 1. The second-order valence-electron chi connectivity index (χ2n) is 5.08. The van der Waals surface area contributed by atoms with Gasteiger partial charge in [-0.05, 0) is 30.3 Å². The van der Waals surface area contributed by atoms with E-state index in [4.69, 9.17) is 4.42 Å². The van der Waals surface area contributed by atoms with E-state index in [1.165, 1.54) is 37.5 Å². The van der Waals surface area contributed by atoms with Crippen molar-refractivity contribution in [2.45, 2.75) is 19.5 Å². The van der Waals surface area contributed by atoms with E-state index in [9.17, 15) is 18.4 Å². The Morgan fingerprint density at radius 2 is 2.00 bits per heavy atom. The molecule has 0 aliphatic rings. The van der Waals surface area contributed by atoms with Crippen LogP contribution in [-0.2, 0) is 20.7 Å². The zero-order valence-electron chi connectivity index (χ0n) is 13.9. The van der Waals surface area contributed by atoms with Crippen molar-refractivity contribution in [1.82, 2.24) is 0 Å². The van der Waals surface area contributed by atoms with Crippen LogP contribution in [-0.4, -0.2) is 25.6 Å². The summed E-state index contributed by atoms with van der Waals surface area (Å²) < 4.78 is 39.0. The molecule has 0 radical (unpaired) electrons. The zero-order chi connectivity index (χ0) is 18.9. The largest absolute Gasteiger partial charge is 0.469 e. The first-order valence-corrected chi connectivity index (χ1v) is 7.66. The van der Waals surface area contributed by atoms with E-state index < -0.39 is 12.5 Å². The molecule has 1 amide bonds. The number of carbonyl (C=O) groups excluding carboxylic acids is 2.